The third-order valence-corrected chi connectivity index (χ3v) is 26.2. The van der Waals surface area contributed by atoms with Gasteiger partial charge in [-0.3, -0.25) is 86.9 Å². The topological polar surface area (TPSA) is 626 Å². The Morgan fingerprint density at radius 1 is 0.584 bits per heavy atom. The van der Waals surface area contributed by atoms with Crippen molar-refractivity contribution in [2.24, 2.45) is 23.1 Å². The van der Waals surface area contributed by atoms with Crippen LogP contribution in [0.4, 0.5) is 8.78 Å². The highest BCUT2D eigenvalue weighted by molar-refractivity contribution is 8.00. The molecule has 3 saturated heterocycles. The van der Waals surface area contributed by atoms with Crippen molar-refractivity contribution in [1.82, 2.24) is 97.9 Å². The zero-order chi connectivity index (χ0) is 100. The quantitative estimate of drug-likeness (QED) is 0.0177. The van der Waals surface area contributed by atoms with E-state index in [4.69, 9.17) is 22.6 Å². The Labute approximate surface area is 798 Å². The minimum atomic E-state index is -3.85. The van der Waals surface area contributed by atoms with Gasteiger partial charge in [-0.2, -0.15) is 0 Å². The number of alkyl halides is 2. The minimum Gasteiger partial charge on any atom is -0.508 e. The number of nitrogens with two attached hydrogens (primary N) is 3. The highest BCUT2D eigenvalue weighted by atomic mass is 32.2. The molecule has 9 rings (SSSR count). The number of aromatic nitrogens is 3. The molecule has 0 saturated carbocycles. The number of hydrogen-bond donors (Lipinski definition) is 19. The number of phenolic OH excluding ortho intramolecular Hbond substituents is 1. The van der Waals surface area contributed by atoms with Gasteiger partial charge in [0.1, 0.15) is 90.3 Å². The normalized spacial score (nSPS) is 24.4. The number of hydrogen-bond acceptors (Lipinski definition) is 23. The third-order valence-electron chi connectivity index (χ3n) is 24.2. The second kappa shape index (κ2) is 50.4. The summed E-state index contributed by atoms with van der Waals surface area (Å²) in [6.45, 7) is 4.85. The van der Waals surface area contributed by atoms with Crippen LogP contribution in [0.5, 0.6) is 5.75 Å². The molecular weight excluding hydrogens is 1820 g/mol. The number of guanidine groups is 1. The lowest BCUT2D eigenvalue weighted by Gasteiger charge is -2.36. The van der Waals surface area contributed by atoms with Crippen molar-refractivity contribution in [1.29, 1.82) is 5.41 Å². The number of thiophene rings is 1. The van der Waals surface area contributed by atoms with Crippen LogP contribution in [0.2, 0.25) is 0 Å². The summed E-state index contributed by atoms with van der Waals surface area (Å²) >= 11 is 2.06. The molecule has 3 aromatic carbocycles. The van der Waals surface area contributed by atoms with Crippen LogP contribution in [0, 0.1) is 11.3 Å². The Kier molecular flexibility index (Phi) is 39.5. The molecule has 46 heteroatoms. The largest absolute Gasteiger partial charge is 0.508 e. The molecule has 14 atom stereocenters. The maximum Gasteiger partial charge on any atom is 0.267 e. The summed E-state index contributed by atoms with van der Waals surface area (Å²) in [5, 5.41) is 60.9. The Morgan fingerprint density at radius 3 is 1.81 bits per heavy atom. The number of imidazole rings is 1. The molecule has 744 valence electrons. The Morgan fingerprint density at radius 2 is 1.16 bits per heavy atom. The van der Waals surface area contributed by atoms with Gasteiger partial charge in [0.25, 0.3) is 5.92 Å². The highest BCUT2D eigenvalue weighted by Gasteiger charge is 2.53. The number of rotatable bonds is 26. The second-order valence-corrected chi connectivity index (χ2v) is 37.0. The second-order valence-electron chi connectivity index (χ2n) is 35.0. The number of fused-ring (bicyclic) bond motifs is 4. The number of nitrogens with zero attached hydrogens (tertiary/aromatic N) is 6. The maximum atomic E-state index is 16.1. The van der Waals surface area contributed by atoms with Crippen LogP contribution in [-0.4, -0.2) is 312 Å². The van der Waals surface area contributed by atoms with Gasteiger partial charge in [-0.15, -0.1) is 23.1 Å². The number of carbonyl (C=O) groups excluding carboxylic acids is 17. The zero-order valence-electron chi connectivity index (χ0n) is 77.7. The monoisotopic (exact) mass is 1950 g/mol. The standard InChI is InChI=1S/C91H125F2N23O19S2/c1-9-11-23-68-82(128)104-59(22-17-31-99-90(96)97)78(124)111-67(77(123)101-42-74(95)120)45-136-46-75(121)103-63(34-51-27-29-55(118)30-28-51)85(131)112(6)50(5)76(122)107-65(38-73(94)119)88(134)116-47-91(92,93)39-71(116)84(130)106-61(37-54-41-98-48-102-54)80(126)108-62(33-49(3)4)87(133)115-32-18-25-69(115)83(129)105-60(35-52-40-100-58-21-15-13-19-56(52)58)79(125)110-66(43-117)81(127)109-64(36-53-44-137-72-26-16-14-20-57(53)72)86(132)114(8)70(24-12-10-2)89(135)113(68)7/h13-16,19-21,26-30,40-41,44,48-50,59-71,100,117-118H,9-12,17-18,22-25,31-39,42-43,45-47H2,1-8H3,(H2,94,119)(H2,95,120)(H,98,102)(H,101,123)(H,103,121)(H,104,128)(H,105,129)(H,106,130)(H,107,122)(H,108,126)(H,109,127)(H,110,125)(H,111,124)(H4,96,97,99)/t50?,59?,60?,61?,62?,63?,64?,65?,66-,67-,68?,69?,70?,71?/m0/s1. The molecule has 3 aliphatic heterocycles. The smallest absolute Gasteiger partial charge is 0.267 e. The van der Waals surface area contributed by atoms with Crippen molar-refractivity contribution in [3.05, 3.63) is 119 Å². The van der Waals surface area contributed by atoms with Crippen molar-refractivity contribution in [2.45, 2.75) is 234 Å². The molecule has 0 spiro atoms. The van der Waals surface area contributed by atoms with Crippen LogP contribution in [0.25, 0.3) is 21.0 Å². The number of primary amides is 2. The van der Waals surface area contributed by atoms with E-state index in [0.29, 0.717) is 63.6 Å². The van der Waals surface area contributed by atoms with Crippen LogP contribution in [0.3, 0.4) is 0 Å². The zero-order valence-corrected chi connectivity index (χ0v) is 79.3. The fourth-order valence-electron chi connectivity index (χ4n) is 16.7. The molecule has 0 bridgehead atoms. The predicted octanol–water partition coefficient (Wildman–Crippen LogP) is -0.921. The number of thioether (sulfide) groups is 1. The van der Waals surface area contributed by atoms with Crippen LogP contribution in [0.15, 0.2) is 96.9 Å². The summed E-state index contributed by atoms with van der Waals surface area (Å²) in [6.07, 6.45) is 1.84. The first-order valence-corrected chi connectivity index (χ1v) is 47.5. The number of halogens is 2. The van der Waals surface area contributed by atoms with Gasteiger partial charge < -0.3 is 120 Å². The van der Waals surface area contributed by atoms with Crippen molar-refractivity contribution in [3.63, 3.8) is 0 Å². The Bertz CT molecular complexity index is 5320. The Balaban J connectivity index is 1.11. The number of aromatic hydroxyl groups is 1. The van der Waals surface area contributed by atoms with E-state index in [9.17, 15) is 53.4 Å². The van der Waals surface area contributed by atoms with Crippen molar-refractivity contribution >= 4 is 150 Å². The van der Waals surface area contributed by atoms with Gasteiger partial charge in [-0.1, -0.05) is 102 Å². The summed E-state index contributed by atoms with van der Waals surface area (Å²) in [7, 11) is 3.82. The molecular formula is C91H125F2N23O19S2. The van der Waals surface area contributed by atoms with E-state index in [1.54, 1.807) is 55.8 Å². The van der Waals surface area contributed by atoms with Gasteiger partial charge in [0.05, 0.1) is 38.2 Å². The molecule has 42 nitrogen and oxygen atoms in total. The summed E-state index contributed by atoms with van der Waals surface area (Å²) < 4.78 is 33.0. The molecule has 137 heavy (non-hydrogen) atoms. The van der Waals surface area contributed by atoms with E-state index in [-0.39, 0.29) is 94.7 Å². The molecule has 17 amide bonds. The van der Waals surface area contributed by atoms with Crippen molar-refractivity contribution in [2.75, 3.05) is 65.4 Å². The highest BCUT2D eigenvalue weighted by Crippen LogP contribution is 2.35. The van der Waals surface area contributed by atoms with Gasteiger partial charge in [-0.05, 0) is 110 Å². The van der Waals surface area contributed by atoms with E-state index < -0.39 is 247 Å². The van der Waals surface area contributed by atoms with E-state index >= 15 is 47.1 Å². The van der Waals surface area contributed by atoms with Crippen LogP contribution in [-0.2, 0) is 107 Å². The summed E-state index contributed by atoms with van der Waals surface area (Å²) in [5.41, 5.74) is 18.9. The number of aliphatic hydroxyl groups excluding tert-OH is 1. The molecule has 6 heterocycles. The number of carbonyl (C=O) groups is 17. The summed E-state index contributed by atoms with van der Waals surface area (Å²) in [5.74, 6) is -23.5. The molecule has 3 aromatic heterocycles. The minimum absolute atomic E-state index is 0.00201. The molecule has 3 aliphatic rings. The summed E-state index contributed by atoms with van der Waals surface area (Å²) in [4.78, 5) is 265. The number of aromatic amines is 2. The number of phenols is 1. The first kappa shape index (κ1) is 107. The number of para-hydroxylation sites is 1. The average molecular weight is 1950 g/mol. The fourth-order valence-corrected chi connectivity index (χ4v) is 18.5. The van der Waals surface area contributed by atoms with Crippen molar-refractivity contribution in [3.8, 4) is 5.75 Å². The third kappa shape index (κ3) is 30.0. The SMILES string of the molecule is CCCCC1C(=O)N(C)C(CCCC)C(=O)NC(CCCNC(=N)N)C(=O)N[C@H](C(=O)NCC(N)=O)CSCC(=O)NC(Cc2ccc(O)cc2)C(=O)N(C)C(C)C(=O)NC(CC(N)=O)C(=O)N2CC(F)(F)CC2C(=O)NC(Cc2cnc[nH]2)C(=O)NC(CC(C)C)C(=O)N2CCCC2C(=O)NC(Cc2c[nH]c3ccccc23)C(=O)N[C@@H](CO)C(=O)NC(Cc2csc3ccccc23)C(=O)N1C. The lowest BCUT2D eigenvalue weighted by molar-refractivity contribution is -0.149. The number of nitrogens with one attached hydrogen (secondary N) is 14. The Hall–Kier alpha value is -13.4. The van der Waals surface area contributed by atoms with Gasteiger partial charge in [0, 0.05) is 106 Å². The lowest BCUT2D eigenvalue weighted by atomic mass is 10.00. The first-order valence-electron chi connectivity index (χ1n) is 45.5. The molecule has 12 unspecified atom stereocenters. The average Bonchev–Trinajstić information content (AvgIpc) is 1.63. The first-order chi connectivity index (χ1) is 65.1. The molecule has 22 N–H and O–H groups in total. The van der Waals surface area contributed by atoms with Gasteiger partial charge >= 0.3 is 0 Å². The van der Waals surface area contributed by atoms with E-state index in [2.05, 4.69) is 73.4 Å². The number of unbranched alkanes of at least 4 members (excludes halogenated alkanes) is 2. The number of H-pyrrole nitrogens is 2. The molecule has 3 fully saturated rings. The number of aliphatic hydroxyl groups is 1. The van der Waals surface area contributed by atoms with E-state index in [1.165, 1.54) is 74.0 Å². The number of likely N-dealkylation sites (N-methyl/N-ethyl adjacent to an activating group) is 3. The van der Waals surface area contributed by atoms with E-state index in [0.717, 1.165) is 38.2 Å². The van der Waals surface area contributed by atoms with Crippen molar-refractivity contribution < 1.29 is 101 Å². The van der Waals surface area contributed by atoms with Gasteiger partial charge in [0.15, 0.2) is 5.96 Å². The van der Waals surface area contributed by atoms with E-state index in [1.807, 2.05) is 32.0 Å². The van der Waals surface area contributed by atoms with Gasteiger partial charge in [0.2, 0.25) is 100 Å². The molecule has 0 radical (unpaired) electrons. The van der Waals surface area contributed by atoms with Crippen LogP contribution in [0.1, 0.15) is 140 Å². The van der Waals surface area contributed by atoms with Crippen LogP contribution >= 0.6 is 23.1 Å². The summed E-state index contributed by atoms with van der Waals surface area (Å²) in [6, 6.07) is -3.58. The van der Waals surface area contributed by atoms with Crippen LogP contribution < -0.4 is 75.7 Å². The number of amides is 17. The predicted molar refractivity (Wildman–Crippen MR) is 502 cm³/mol. The fraction of sp³-hybridized carbons (Fsp3) is 0.527. The maximum absolute atomic E-state index is 16.1. The lowest BCUT2D eigenvalue weighted by Crippen LogP contribution is -2.62. The molecule has 6 aromatic rings. The number of benzene rings is 3. The molecule has 0 aliphatic carbocycles. The van der Waals surface area contributed by atoms with Gasteiger partial charge in [-0.25, -0.2) is 13.8 Å².